The van der Waals surface area contributed by atoms with Gasteiger partial charge in [-0.05, 0) is 11.6 Å². The maximum atomic E-state index is 12.7. The summed E-state index contributed by atoms with van der Waals surface area (Å²) < 4.78 is 25.5. The van der Waals surface area contributed by atoms with Crippen LogP contribution >= 0.6 is 27.5 Å². The van der Waals surface area contributed by atoms with Crippen LogP contribution in [-0.4, -0.2) is 11.1 Å². The fraction of sp³-hybridized carbons (Fsp3) is 0.364. The molecule has 88 valence electrons. The highest BCUT2D eigenvalue weighted by Crippen LogP contribution is 2.26. The molecule has 0 atom stereocenters. The molecule has 0 spiro atoms. The number of halogens is 4. The van der Waals surface area contributed by atoms with Gasteiger partial charge >= 0.3 is 0 Å². The van der Waals surface area contributed by atoms with E-state index in [1.54, 1.807) is 6.07 Å². The van der Waals surface area contributed by atoms with Gasteiger partial charge in [-0.25, -0.2) is 8.78 Å². The van der Waals surface area contributed by atoms with E-state index in [0.717, 1.165) is 0 Å². The summed E-state index contributed by atoms with van der Waals surface area (Å²) in [7, 11) is 0. The normalized spacial score (nSPS) is 10.8. The predicted molar refractivity (Wildman–Crippen MR) is 63.7 cm³/mol. The lowest BCUT2D eigenvalue weighted by Crippen LogP contribution is -2.05. The van der Waals surface area contributed by atoms with Crippen LogP contribution < -0.4 is 0 Å². The monoisotopic (exact) mass is 310 g/mol. The van der Waals surface area contributed by atoms with Crippen LogP contribution in [0.5, 0.6) is 0 Å². The molecular formula is C11H10BrClF2O. The lowest BCUT2D eigenvalue weighted by atomic mass is 10.00. The van der Waals surface area contributed by atoms with E-state index < -0.39 is 6.43 Å². The third kappa shape index (κ3) is 3.25. The van der Waals surface area contributed by atoms with Gasteiger partial charge in [-0.2, -0.15) is 0 Å². The van der Waals surface area contributed by atoms with E-state index in [2.05, 4.69) is 15.9 Å². The zero-order chi connectivity index (χ0) is 12.1. The van der Waals surface area contributed by atoms with Crippen LogP contribution in [0.2, 0.25) is 0 Å². The molecule has 0 amide bonds. The first-order valence-electron chi connectivity index (χ1n) is 4.66. The van der Waals surface area contributed by atoms with Crippen molar-refractivity contribution in [2.24, 2.45) is 0 Å². The molecule has 0 saturated heterocycles. The second kappa shape index (κ2) is 6.30. The molecule has 0 bridgehead atoms. The van der Waals surface area contributed by atoms with Crippen molar-refractivity contribution in [2.45, 2.75) is 18.7 Å². The summed E-state index contributed by atoms with van der Waals surface area (Å²) in [6, 6.07) is 4.31. The fourth-order valence-corrected chi connectivity index (χ4v) is 1.88. The summed E-state index contributed by atoms with van der Waals surface area (Å²) in [4.78, 5) is 11.6. The second-order valence-corrected chi connectivity index (χ2v) is 4.28. The summed E-state index contributed by atoms with van der Waals surface area (Å²) in [6.07, 6.45) is -2.45. The Morgan fingerprint density at radius 2 is 2.12 bits per heavy atom. The van der Waals surface area contributed by atoms with Crippen LogP contribution in [0.4, 0.5) is 8.78 Å². The minimum Gasteiger partial charge on any atom is -0.294 e. The third-order valence-corrected chi connectivity index (χ3v) is 2.83. The van der Waals surface area contributed by atoms with E-state index in [1.165, 1.54) is 12.1 Å². The van der Waals surface area contributed by atoms with Gasteiger partial charge in [0, 0.05) is 28.8 Å². The summed E-state index contributed by atoms with van der Waals surface area (Å²) >= 11 is 8.67. The Morgan fingerprint density at radius 1 is 1.44 bits per heavy atom. The maximum Gasteiger partial charge on any atom is 0.264 e. The molecule has 0 heterocycles. The van der Waals surface area contributed by atoms with E-state index in [4.69, 9.17) is 11.6 Å². The predicted octanol–water partition coefficient (Wildman–Crippen LogP) is 4.33. The molecule has 0 unspecified atom stereocenters. The van der Waals surface area contributed by atoms with Crippen LogP contribution in [-0.2, 0) is 5.88 Å². The van der Waals surface area contributed by atoms with E-state index >= 15 is 0 Å². The molecule has 5 heteroatoms. The molecule has 0 aliphatic rings. The van der Waals surface area contributed by atoms with Gasteiger partial charge in [0.05, 0.1) is 0 Å². The molecule has 0 radical (unpaired) electrons. The molecule has 0 saturated carbocycles. The van der Waals surface area contributed by atoms with Crippen molar-refractivity contribution >= 4 is 33.3 Å². The van der Waals surface area contributed by atoms with Crippen LogP contribution in [0.25, 0.3) is 0 Å². The van der Waals surface area contributed by atoms with Gasteiger partial charge in [-0.15, -0.1) is 11.6 Å². The Balaban J connectivity index is 3.12. The SMILES string of the molecule is O=C(CCBr)c1ccc(CCl)cc1C(F)F. The average Bonchev–Trinajstić information content (AvgIpc) is 2.28. The molecular weight excluding hydrogens is 301 g/mol. The molecule has 0 aliphatic carbocycles. The number of alkyl halides is 4. The van der Waals surface area contributed by atoms with Crippen LogP contribution in [0.1, 0.15) is 34.3 Å². The molecule has 1 aromatic carbocycles. The highest BCUT2D eigenvalue weighted by Gasteiger charge is 2.18. The largest absolute Gasteiger partial charge is 0.294 e. The number of ketones is 1. The molecule has 1 rings (SSSR count). The highest BCUT2D eigenvalue weighted by atomic mass is 79.9. The van der Waals surface area contributed by atoms with Crippen molar-refractivity contribution in [1.29, 1.82) is 0 Å². The lowest BCUT2D eigenvalue weighted by molar-refractivity contribution is 0.0976. The molecule has 1 aromatic rings. The Bertz CT molecular complexity index is 382. The number of rotatable bonds is 5. The number of carbonyl (C=O) groups is 1. The number of Topliss-reactive ketones (excluding diaryl/α,β-unsaturated/α-hetero) is 1. The summed E-state index contributed by atoms with van der Waals surface area (Å²) in [5.74, 6) is -0.125. The average molecular weight is 312 g/mol. The van der Waals surface area contributed by atoms with Gasteiger partial charge < -0.3 is 0 Å². The van der Waals surface area contributed by atoms with Crippen molar-refractivity contribution in [1.82, 2.24) is 0 Å². The molecule has 0 aromatic heterocycles. The lowest BCUT2D eigenvalue weighted by Gasteiger charge is -2.08. The maximum absolute atomic E-state index is 12.7. The van der Waals surface area contributed by atoms with Crippen molar-refractivity contribution in [3.05, 3.63) is 34.9 Å². The minimum atomic E-state index is -2.66. The topological polar surface area (TPSA) is 17.1 Å². The van der Waals surface area contributed by atoms with Crippen molar-refractivity contribution in [3.8, 4) is 0 Å². The Morgan fingerprint density at radius 3 is 2.62 bits per heavy atom. The molecule has 1 nitrogen and oxygen atoms in total. The van der Waals surface area contributed by atoms with E-state index in [0.29, 0.717) is 10.9 Å². The summed E-state index contributed by atoms with van der Waals surface area (Å²) in [6.45, 7) is 0. The number of hydrogen-bond acceptors (Lipinski definition) is 1. The van der Waals surface area contributed by atoms with Crippen molar-refractivity contribution in [3.63, 3.8) is 0 Å². The van der Waals surface area contributed by atoms with Gasteiger partial charge in [0.25, 0.3) is 6.43 Å². The zero-order valence-electron chi connectivity index (χ0n) is 8.35. The first-order valence-corrected chi connectivity index (χ1v) is 6.31. The second-order valence-electron chi connectivity index (χ2n) is 3.22. The Hall–Kier alpha value is -0.480. The zero-order valence-corrected chi connectivity index (χ0v) is 10.7. The Kier molecular flexibility index (Phi) is 5.35. The standard InChI is InChI=1S/C11H10BrClF2O/c12-4-3-10(16)8-2-1-7(6-13)5-9(8)11(14)15/h1-2,5,11H,3-4,6H2. The molecule has 16 heavy (non-hydrogen) atoms. The van der Waals surface area contributed by atoms with E-state index in [-0.39, 0.29) is 29.2 Å². The Labute approximate surface area is 106 Å². The van der Waals surface area contributed by atoms with Crippen LogP contribution in [0, 0.1) is 0 Å². The van der Waals surface area contributed by atoms with E-state index in [9.17, 15) is 13.6 Å². The number of carbonyl (C=O) groups excluding carboxylic acids is 1. The van der Waals surface area contributed by atoms with Gasteiger partial charge in [-0.1, -0.05) is 28.1 Å². The first kappa shape index (κ1) is 13.6. The van der Waals surface area contributed by atoms with Gasteiger partial charge in [0.1, 0.15) is 0 Å². The van der Waals surface area contributed by atoms with Gasteiger partial charge in [0.2, 0.25) is 0 Å². The summed E-state index contributed by atoms with van der Waals surface area (Å²) in [5, 5.41) is 0.464. The first-order chi connectivity index (χ1) is 7.60. The van der Waals surface area contributed by atoms with Gasteiger partial charge in [0.15, 0.2) is 5.78 Å². The van der Waals surface area contributed by atoms with Crippen LogP contribution in [0.15, 0.2) is 18.2 Å². The smallest absolute Gasteiger partial charge is 0.264 e. The number of hydrogen-bond donors (Lipinski definition) is 0. The number of benzene rings is 1. The van der Waals surface area contributed by atoms with Crippen LogP contribution in [0.3, 0.4) is 0 Å². The fourth-order valence-electron chi connectivity index (χ4n) is 1.35. The van der Waals surface area contributed by atoms with Gasteiger partial charge in [-0.3, -0.25) is 4.79 Å². The third-order valence-electron chi connectivity index (χ3n) is 2.13. The van der Waals surface area contributed by atoms with Crippen molar-refractivity contribution < 1.29 is 13.6 Å². The minimum absolute atomic E-state index is 0.0864. The van der Waals surface area contributed by atoms with E-state index in [1.807, 2.05) is 0 Å². The van der Waals surface area contributed by atoms with Crippen molar-refractivity contribution in [2.75, 3.05) is 5.33 Å². The quantitative estimate of drug-likeness (QED) is 0.584. The molecule has 0 N–H and O–H groups in total. The highest BCUT2D eigenvalue weighted by molar-refractivity contribution is 9.09. The summed E-state index contributed by atoms with van der Waals surface area (Å²) in [5.41, 5.74) is 0.444. The molecule has 0 fully saturated rings. The molecule has 0 aliphatic heterocycles.